The van der Waals surface area contributed by atoms with E-state index in [9.17, 15) is 13.6 Å². The number of hydrogen-bond donors (Lipinski definition) is 1. The maximum atomic E-state index is 13.9. The highest BCUT2D eigenvalue weighted by Gasteiger charge is 2.32. The molecule has 2 aliphatic heterocycles. The first-order valence-electron chi connectivity index (χ1n) is 12.3. The molecule has 0 bridgehead atoms. The molecule has 0 saturated carbocycles. The molecular weight excluding hydrogens is 436 g/mol. The number of anilines is 1. The van der Waals surface area contributed by atoms with Gasteiger partial charge in [0.15, 0.2) is 5.82 Å². The van der Waals surface area contributed by atoms with Gasteiger partial charge in [0.1, 0.15) is 0 Å². The van der Waals surface area contributed by atoms with Gasteiger partial charge in [0.25, 0.3) is 6.43 Å². The molecule has 1 saturated heterocycles. The van der Waals surface area contributed by atoms with Crippen molar-refractivity contribution < 1.29 is 13.6 Å². The molecule has 34 heavy (non-hydrogen) atoms. The fraction of sp³-hybridized carbons (Fsp3) is 0.615. The Labute approximate surface area is 202 Å². The third kappa shape index (κ3) is 5.59. The maximum Gasteiger partial charge on any atom is 0.263 e. The Morgan fingerprint density at radius 1 is 1.26 bits per heavy atom. The van der Waals surface area contributed by atoms with E-state index in [2.05, 4.69) is 23.5 Å². The van der Waals surface area contributed by atoms with E-state index < -0.39 is 6.43 Å². The molecule has 0 radical (unpaired) electrons. The number of halogens is 2. The Morgan fingerprint density at radius 2 is 1.94 bits per heavy atom. The highest BCUT2D eigenvalue weighted by molar-refractivity contribution is 5.74. The Balaban J connectivity index is 2.18. The molecule has 188 valence electrons. The van der Waals surface area contributed by atoms with Crippen LogP contribution in [0.15, 0.2) is 35.1 Å². The number of aromatic nitrogens is 2. The van der Waals surface area contributed by atoms with Crippen LogP contribution in [0.5, 0.6) is 0 Å². The van der Waals surface area contributed by atoms with Crippen LogP contribution in [0.2, 0.25) is 0 Å². The summed E-state index contributed by atoms with van der Waals surface area (Å²) < 4.78 is 29.9. The van der Waals surface area contributed by atoms with E-state index in [0.29, 0.717) is 42.5 Å². The zero-order valence-corrected chi connectivity index (χ0v) is 21.3. The fourth-order valence-electron chi connectivity index (χ4n) is 4.84. The van der Waals surface area contributed by atoms with Crippen molar-refractivity contribution in [3.05, 3.63) is 46.3 Å². The predicted molar refractivity (Wildman–Crippen MR) is 133 cm³/mol. The highest BCUT2D eigenvalue weighted by atomic mass is 19.3. The number of allylic oxidation sites excluding steroid dienone is 4. The quantitative estimate of drug-likeness (QED) is 0.538. The molecule has 6 nitrogen and oxygen atoms in total. The molecule has 0 aliphatic carbocycles. The summed E-state index contributed by atoms with van der Waals surface area (Å²) in [6.07, 6.45) is 2.54. The molecule has 1 aromatic rings. The van der Waals surface area contributed by atoms with Gasteiger partial charge in [-0.15, -0.1) is 0 Å². The summed E-state index contributed by atoms with van der Waals surface area (Å²) in [5, 5.41) is 8.53. The van der Waals surface area contributed by atoms with E-state index in [1.807, 2.05) is 16.7 Å². The van der Waals surface area contributed by atoms with Crippen LogP contribution in [0.3, 0.4) is 0 Å². The lowest BCUT2D eigenvalue weighted by molar-refractivity contribution is -0.129. The molecule has 3 heterocycles. The van der Waals surface area contributed by atoms with E-state index in [1.54, 1.807) is 26.8 Å². The molecule has 1 fully saturated rings. The van der Waals surface area contributed by atoms with Gasteiger partial charge in [0.05, 0.1) is 12.6 Å². The minimum atomic E-state index is -2.57. The summed E-state index contributed by atoms with van der Waals surface area (Å²) in [4.78, 5) is 16.1. The number of alkyl halides is 2. The van der Waals surface area contributed by atoms with Gasteiger partial charge in [0, 0.05) is 49.0 Å². The summed E-state index contributed by atoms with van der Waals surface area (Å²) in [5.41, 5.74) is 4.13. The van der Waals surface area contributed by atoms with Gasteiger partial charge in [-0.25, -0.2) is 8.78 Å². The summed E-state index contributed by atoms with van der Waals surface area (Å²) in [6, 6.07) is 0.294. The molecule has 0 aromatic carbocycles. The number of rotatable bonds is 8. The van der Waals surface area contributed by atoms with E-state index in [-0.39, 0.29) is 11.5 Å². The molecule has 1 aromatic heterocycles. The second-order valence-corrected chi connectivity index (χ2v) is 9.58. The van der Waals surface area contributed by atoms with Crippen molar-refractivity contribution >= 4 is 11.7 Å². The van der Waals surface area contributed by atoms with Crippen molar-refractivity contribution in [2.75, 3.05) is 31.1 Å². The maximum absolute atomic E-state index is 13.9. The third-order valence-corrected chi connectivity index (χ3v) is 6.70. The van der Waals surface area contributed by atoms with Gasteiger partial charge < -0.3 is 15.1 Å². The van der Waals surface area contributed by atoms with Crippen molar-refractivity contribution in [2.45, 2.75) is 79.3 Å². The summed E-state index contributed by atoms with van der Waals surface area (Å²) in [6.45, 7) is 16.7. The Kier molecular flexibility index (Phi) is 8.68. The summed E-state index contributed by atoms with van der Waals surface area (Å²) in [5.74, 6) is 0.798. The van der Waals surface area contributed by atoms with Crippen LogP contribution in [-0.4, -0.2) is 53.2 Å². The van der Waals surface area contributed by atoms with Gasteiger partial charge in [-0.2, -0.15) is 5.10 Å². The van der Waals surface area contributed by atoms with Crippen molar-refractivity contribution in [1.29, 1.82) is 0 Å². The Bertz CT molecular complexity index is 968. The van der Waals surface area contributed by atoms with Crippen LogP contribution >= 0.6 is 0 Å². The zero-order valence-electron chi connectivity index (χ0n) is 21.3. The lowest BCUT2D eigenvalue weighted by atomic mass is 10.0. The Hall–Kier alpha value is -2.48. The number of carbonyl (C=O) groups excluding carboxylic acids is 1. The van der Waals surface area contributed by atoms with Crippen molar-refractivity contribution in [1.82, 2.24) is 20.0 Å². The minimum Gasteiger partial charge on any atom is -0.338 e. The van der Waals surface area contributed by atoms with Crippen molar-refractivity contribution in [3.8, 4) is 0 Å². The largest absolute Gasteiger partial charge is 0.338 e. The number of amides is 1. The SMILES string of the molecule is C=C(C)/C(=C\C(=C(C)C)C(F)F)N(CCC)c1nn(C2CCNCC2)c2c1CN(C(C)=O)CC2. The van der Waals surface area contributed by atoms with Gasteiger partial charge in [0.2, 0.25) is 5.91 Å². The van der Waals surface area contributed by atoms with Crippen LogP contribution in [0.4, 0.5) is 14.6 Å². The lowest BCUT2D eigenvalue weighted by Gasteiger charge is -2.31. The van der Waals surface area contributed by atoms with Crippen LogP contribution in [0, 0.1) is 0 Å². The summed E-state index contributed by atoms with van der Waals surface area (Å²) in [7, 11) is 0. The number of piperidine rings is 1. The topological polar surface area (TPSA) is 53.4 Å². The van der Waals surface area contributed by atoms with Gasteiger partial charge in [-0.3, -0.25) is 9.48 Å². The molecule has 2 aliphatic rings. The smallest absolute Gasteiger partial charge is 0.263 e. The molecular formula is C26H39F2N5O. The standard InChI is InChI=1S/C26H39F2N5O/c1-7-13-32(24(18(4)5)15-21(17(2)3)25(27)28)26-22-16-31(19(6)34)14-10-23(22)33(30-26)20-8-11-29-12-9-20/h15,20,25,29H,4,7-14,16H2,1-3,5-6H3/b24-15+. The number of hydrogen-bond acceptors (Lipinski definition) is 4. The van der Waals surface area contributed by atoms with E-state index in [0.717, 1.165) is 55.8 Å². The van der Waals surface area contributed by atoms with Gasteiger partial charge in [-0.1, -0.05) is 19.1 Å². The number of nitrogens with zero attached hydrogens (tertiary/aromatic N) is 4. The van der Waals surface area contributed by atoms with Crippen LogP contribution in [-0.2, 0) is 17.8 Å². The first-order chi connectivity index (χ1) is 16.1. The summed E-state index contributed by atoms with van der Waals surface area (Å²) >= 11 is 0. The predicted octanol–water partition coefficient (Wildman–Crippen LogP) is 4.99. The third-order valence-electron chi connectivity index (χ3n) is 6.70. The van der Waals surface area contributed by atoms with E-state index in [4.69, 9.17) is 5.10 Å². The van der Waals surface area contributed by atoms with Crippen molar-refractivity contribution in [3.63, 3.8) is 0 Å². The average molecular weight is 476 g/mol. The highest BCUT2D eigenvalue weighted by Crippen LogP contribution is 2.36. The van der Waals surface area contributed by atoms with Crippen molar-refractivity contribution in [2.24, 2.45) is 0 Å². The van der Waals surface area contributed by atoms with Gasteiger partial charge >= 0.3 is 0 Å². The normalized spacial score (nSPS) is 17.1. The average Bonchev–Trinajstić information content (AvgIpc) is 3.17. The molecule has 8 heteroatoms. The second-order valence-electron chi connectivity index (χ2n) is 9.58. The zero-order chi connectivity index (χ0) is 25.0. The molecule has 3 rings (SSSR count). The molecule has 0 spiro atoms. The number of carbonyl (C=O) groups is 1. The first-order valence-corrected chi connectivity index (χ1v) is 12.3. The van der Waals surface area contributed by atoms with E-state index in [1.165, 1.54) is 0 Å². The molecule has 1 amide bonds. The number of nitrogens with one attached hydrogen (secondary N) is 1. The van der Waals surface area contributed by atoms with Crippen LogP contribution in [0.25, 0.3) is 0 Å². The van der Waals surface area contributed by atoms with E-state index >= 15 is 0 Å². The Morgan fingerprint density at radius 3 is 2.47 bits per heavy atom. The van der Waals surface area contributed by atoms with Gasteiger partial charge in [-0.05, 0) is 64.8 Å². The monoisotopic (exact) mass is 475 g/mol. The fourth-order valence-corrected chi connectivity index (χ4v) is 4.84. The molecule has 0 unspecified atom stereocenters. The van der Waals surface area contributed by atoms with Crippen LogP contribution < -0.4 is 10.2 Å². The minimum absolute atomic E-state index is 0.0103. The first kappa shape index (κ1) is 26.1. The van der Waals surface area contributed by atoms with Crippen LogP contribution in [0.1, 0.15) is 71.2 Å². The molecule has 0 atom stereocenters. The number of fused-ring (bicyclic) bond motifs is 1. The lowest BCUT2D eigenvalue weighted by Crippen LogP contribution is -2.36. The molecule has 1 N–H and O–H groups in total. The second kappa shape index (κ2) is 11.3.